The summed E-state index contributed by atoms with van der Waals surface area (Å²) in [5.74, 6) is 1.00. The average molecular weight is 397 g/mol. The lowest BCUT2D eigenvalue weighted by Crippen LogP contribution is -2.16. The van der Waals surface area contributed by atoms with E-state index in [1.807, 2.05) is 25.1 Å². The van der Waals surface area contributed by atoms with Crippen LogP contribution in [0.15, 0.2) is 59.2 Å². The molecule has 0 bridgehead atoms. The van der Waals surface area contributed by atoms with Gasteiger partial charge in [0, 0.05) is 5.56 Å². The van der Waals surface area contributed by atoms with E-state index in [1.165, 1.54) is 16.7 Å². The SMILES string of the molecule is Cc1cc(-c2ccco2)ccc1CCc1ccc(CS(=O)(=O)C(C)C)c(C)c1. The van der Waals surface area contributed by atoms with E-state index in [2.05, 4.69) is 37.3 Å². The highest BCUT2D eigenvalue weighted by atomic mass is 32.2. The van der Waals surface area contributed by atoms with Crippen molar-refractivity contribution in [2.75, 3.05) is 0 Å². The van der Waals surface area contributed by atoms with Crippen LogP contribution in [0.5, 0.6) is 0 Å². The molecule has 0 radical (unpaired) electrons. The Bertz CT molecular complexity index is 1050. The van der Waals surface area contributed by atoms with Crippen LogP contribution >= 0.6 is 0 Å². The number of hydrogen-bond acceptors (Lipinski definition) is 3. The van der Waals surface area contributed by atoms with Gasteiger partial charge in [0.1, 0.15) is 5.76 Å². The summed E-state index contributed by atoms with van der Waals surface area (Å²) >= 11 is 0. The van der Waals surface area contributed by atoms with E-state index < -0.39 is 9.84 Å². The van der Waals surface area contributed by atoms with Gasteiger partial charge in [0.2, 0.25) is 0 Å². The van der Waals surface area contributed by atoms with Crippen molar-refractivity contribution in [1.29, 1.82) is 0 Å². The van der Waals surface area contributed by atoms with Crippen molar-refractivity contribution in [2.45, 2.75) is 51.5 Å². The second-order valence-corrected chi connectivity index (χ2v) is 10.3. The maximum absolute atomic E-state index is 12.2. The lowest BCUT2D eigenvalue weighted by atomic mass is 9.96. The van der Waals surface area contributed by atoms with Crippen molar-refractivity contribution in [1.82, 2.24) is 0 Å². The first kappa shape index (κ1) is 20.4. The molecule has 0 unspecified atom stereocenters. The molecule has 3 rings (SSSR count). The van der Waals surface area contributed by atoms with Crippen LogP contribution in [-0.2, 0) is 28.4 Å². The summed E-state index contributed by atoms with van der Waals surface area (Å²) in [6.07, 6.45) is 3.57. The Morgan fingerprint density at radius 2 is 1.61 bits per heavy atom. The Hall–Kier alpha value is -2.33. The molecule has 3 nitrogen and oxygen atoms in total. The number of sulfone groups is 1. The summed E-state index contributed by atoms with van der Waals surface area (Å²) in [5.41, 5.74) is 6.85. The minimum atomic E-state index is -3.08. The molecule has 0 fully saturated rings. The molecule has 0 N–H and O–H groups in total. The normalized spacial score (nSPS) is 11.9. The first-order valence-electron chi connectivity index (χ1n) is 9.69. The minimum absolute atomic E-state index is 0.115. The first-order valence-corrected chi connectivity index (χ1v) is 11.4. The molecule has 0 spiro atoms. The first-order chi connectivity index (χ1) is 13.3. The van der Waals surface area contributed by atoms with Gasteiger partial charge in [0.25, 0.3) is 0 Å². The average Bonchev–Trinajstić information content (AvgIpc) is 3.17. The van der Waals surface area contributed by atoms with Gasteiger partial charge < -0.3 is 4.42 Å². The Kier molecular flexibility index (Phi) is 6.09. The van der Waals surface area contributed by atoms with E-state index in [4.69, 9.17) is 4.42 Å². The van der Waals surface area contributed by atoms with Gasteiger partial charge >= 0.3 is 0 Å². The smallest absolute Gasteiger partial charge is 0.156 e. The van der Waals surface area contributed by atoms with Crippen molar-refractivity contribution in [2.24, 2.45) is 0 Å². The third-order valence-corrected chi connectivity index (χ3v) is 7.46. The highest BCUT2D eigenvalue weighted by molar-refractivity contribution is 7.91. The zero-order valence-electron chi connectivity index (χ0n) is 17.0. The number of hydrogen-bond donors (Lipinski definition) is 0. The lowest BCUT2D eigenvalue weighted by Gasteiger charge is -2.12. The van der Waals surface area contributed by atoms with Gasteiger partial charge in [0.05, 0.1) is 17.3 Å². The molecule has 1 heterocycles. The summed E-state index contributed by atoms with van der Waals surface area (Å²) in [6.45, 7) is 7.60. The molecule has 0 aliphatic rings. The molecule has 0 amide bonds. The van der Waals surface area contributed by atoms with Gasteiger partial charge in [0.15, 0.2) is 9.84 Å². The fraction of sp³-hybridized carbons (Fsp3) is 0.333. The molecule has 148 valence electrons. The lowest BCUT2D eigenvalue weighted by molar-refractivity contribution is 0.582. The molecular formula is C24H28O3S. The number of aryl methyl sites for hydroxylation is 4. The zero-order chi connectivity index (χ0) is 20.3. The number of benzene rings is 2. The van der Waals surface area contributed by atoms with E-state index >= 15 is 0 Å². The van der Waals surface area contributed by atoms with Gasteiger partial charge in [-0.3, -0.25) is 0 Å². The predicted octanol–water partition coefficient (Wildman–Crippen LogP) is 5.67. The molecule has 0 aliphatic carbocycles. The van der Waals surface area contributed by atoms with Gasteiger partial charge in [-0.05, 0) is 86.6 Å². The monoisotopic (exact) mass is 396 g/mol. The van der Waals surface area contributed by atoms with Crippen molar-refractivity contribution in [3.8, 4) is 11.3 Å². The molecule has 28 heavy (non-hydrogen) atoms. The summed E-state index contributed by atoms with van der Waals surface area (Å²) < 4.78 is 29.9. The molecule has 0 saturated heterocycles. The van der Waals surface area contributed by atoms with Gasteiger partial charge in [-0.1, -0.05) is 30.3 Å². The maximum atomic E-state index is 12.2. The summed E-state index contributed by atoms with van der Waals surface area (Å²) in [7, 11) is -3.08. The van der Waals surface area contributed by atoms with Gasteiger partial charge in [-0.25, -0.2) is 8.42 Å². The largest absolute Gasteiger partial charge is 0.464 e. The molecule has 0 atom stereocenters. The van der Waals surface area contributed by atoms with E-state index in [-0.39, 0.29) is 11.0 Å². The molecule has 0 aliphatic heterocycles. The van der Waals surface area contributed by atoms with Crippen LogP contribution in [0.1, 0.15) is 41.7 Å². The third-order valence-electron chi connectivity index (χ3n) is 5.31. The summed E-state index contributed by atoms with van der Waals surface area (Å²) in [6, 6.07) is 16.5. The number of rotatable bonds is 7. The van der Waals surface area contributed by atoms with E-state index in [0.717, 1.165) is 35.3 Å². The summed E-state index contributed by atoms with van der Waals surface area (Å²) in [5, 5.41) is -0.348. The van der Waals surface area contributed by atoms with Gasteiger partial charge in [-0.15, -0.1) is 0 Å². The standard InChI is InChI=1S/C24H28O3S/c1-17(2)28(25,26)16-23-10-8-20(14-18(23)3)7-9-21-11-12-22(15-19(21)4)24-6-5-13-27-24/h5-6,8,10-15,17H,7,9,16H2,1-4H3. The second kappa shape index (κ2) is 8.36. The molecule has 0 saturated carbocycles. The number of furan rings is 1. The van der Waals surface area contributed by atoms with Crippen LogP contribution in [0.4, 0.5) is 0 Å². The summed E-state index contributed by atoms with van der Waals surface area (Å²) in [4.78, 5) is 0. The fourth-order valence-corrected chi connectivity index (χ4v) is 4.40. The Labute approximate surface area is 168 Å². The second-order valence-electron chi connectivity index (χ2n) is 7.74. The van der Waals surface area contributed by atoms with Crippen molar-refractivity contribution < 1.29 is 12.8 Å². The highest BCUT2D eigenvalue weighted by Crippen LogP contribution is 2.24. The molecule has 4 heteroatoms. The van der Waals surface area contributed by atoms with Crippen LogP contribution in [0.25, 0.3) is 11.3 Å². The van der Waals surface area contributed by atoms with Crippen LogP contribution in [0, 0.1) is 13.8 Å². The van der Waals surface area contributed by atoms with E-state index in [1.54, 1.807) is 20.1 Å². The Balaban J connectivity index is 1.69. The van der Waals surface area contributed by atoms with E-state index in [9.17, 15) is 8.42 Å². The maximum Gasteiger partial charge on any atom is 0.156 e. The predicted molar refractivity (Wildman–Crippen MR) is 115 cm³/mol. The molecule has 2 aromatic carbocycles. The van der Waals surface area contributed by atoms with Crippen LogP contribution < -0.4 is 0 Å². The van der Waals surface area contributed by atoms with Crippen molar-refractivity contribution in [3.05, 3.63) is 82.6 Å². The van der Waals surface area contributed by atoms with E-state index in [0.29, 0.717) is 0 Å². The molecule has 1 aromatic heterocycles. The van der Waals surface area contributed by atoms with Crippen molar-refractivity contribution >= 4 is 9.84 Å². The highest BCUT2D eigenvalue weighted by Gasteiger charge is 2.18. The molecule has 3 aromatic rings. The molecular weight excluding hydrogens is 368 g/mol. The van der Waals surface area contributed by atoms with Gasteiger partial charge in [-0.2, -0.15) is 0 Å². The van der Waals surface area contributed by atoms with Crippen LogP contribution in [0.2, 0.25) is 0 Å². The zero-order valence-corrected chi connectivity index (χ0v) is 17.8. The Morgan fingerprint density at radius 3 is 2.21 bits per heavy atom. The van der Waals surface area contributed by atoms with Crippen molar-refractivity contribution in [3.63, 3.8) is 0 Å². The third kappa shape index (κ3) is 4.74. The topological polar surface area (TPSA) is 47.3 Å². The minimum Gasteiger partial charge on any atom is -0.464 e. The fourth-order valence-electron chi connectivity index (χ4n) is 3.31. The quantitative estimate of drug-likeness (QED) is 0.517. The van der Waals surface area contributed by atoms with Crippen LogP contribution in [0.3, 0.4) is 0 Å². The van der Waals surface area contributed by atoms with Crippen LogP contribution in [-0.4, -0.2) is 13.7 Å². The Morgan fingerprint density at radius 1 is 0.893 bits per heavy atom.